The van der Waals surface area contributed by atoms with Crippen molar-refractivity contribution in [2.24, 2.45) is 17.8 Å². The molecular formula is C19H36O4Si. The highest BCUT2D eigenvalue weighted by atomic mass is 28.4. The van der Waals surface area contributed by atoms with Crippen LogP contribution in [-0.4, -0.2) is 38.7 Å². The first-order chi connectivity index (χ1) is 11.0. The zero-order chi connectivity index (χ0) is 18.5. The molecule has 1 aliphatic rings. The summed E-state index contributed by atoms with van der Waals surface area (Å²) in [4.78, 5) is 11.2. The van der Waals surface area contributed by atoms with Gasteiger partial charge in [-0.15, -0.1) is 0 Å². The van der Waals surface area contributed by atoms with Gasteiger partial charge in [-0.05, 0) is 55.7 Å². The molecule has 0 saturated heterocycles. The van der Waals surface area contributed by atoms with Crippen molar-refractivity contribution in [1.82, 2.24) is 0 Å². The standard InChI is InChI=1S/C19H36O4Si/c1-8-22-18(21)11-9-10-17(20)16-12-15(16)13-23-24(6,7)19(4,5)14(2)3/h9,11,14-17,20H,8,10,12-13H2,1-7H3/b11-9+/t15-,16+,17+/m1/s1. The zero-order valence-electron chi connectivity index (χ0n) is 16.5. The molecule has 0 aromatic heterocycles. The molecule has 5 heteroatoms. The molecular weight excluding hydrogens is 320 g/mol. The van der Waals surface area contributed by atoms with Crippen LogP contribution in [0.5, 0.6) is 0 Å². The lowest BCUT2D eigenvalue weighted by atomic mass is 9.99. The Morgan fingerprint density at radius 1 is 1.38 bits per heavy atom. The van der Waals surface area contributed by atoms with Crippen LogP contribution in [0.15, 0.2) is 12.2 Å². The topological polar surface area (TPSA) is 55.8 Å². The molecule has 0 unspecified atom stereocenters. The second-order valence-corrected chi connectivity index (χ2v) is 12.9. The second-order valence-electron chi connectivity index (χ2n) is 8.31. The molecule has 1 saturated carbocycles. The quantitative estimate of drug-likeness (QED) is 0.363. The lowest BCUT2D eigenvalue weighted by Crippen LogP contribution is -2.45. The fourth-order valence-electron chi connectivity index (χ4n) is 2.80. The summed E-state index contributed by atoms with van der Waals surface area (Å²) < 4.78 is 11.2. The summed E-state index contributed by atoms with van der Waals surface area (Å²) in [6, 6.07) is 0. The number of carbonyl (C=O) groups is 1. The normalized spacial score (nSPS) is 22.9. The van der Waals surface area contributed by atoms with Crippen LogP contribution in [0.1, 0.15) is 47.5 Å². The monoisotopic (exact) mass is 356 g/mol. The molecule has 1 rings (SSSR count). The summed E-state index contributed by atoms with van der Waals surface area (Å²) in [5, 5.41) is 10.5. The van der Waals surface area contributed by atoms with Gasteiger partial charge in [-0.3, -0.25) is 0 Å². The van der Waals surface area contributed by atoms with Crippen molar-refractivity contribution in [3.8, 4) is 0 Å². The van der Waals surface area contributed by atoms with Gasteiger partial charge in [-0.2, -0.15) is 0 Å². The van der Waals surface area contributed by atoms with Gasteiger partial charge in [-0.25, -0.2) is 4.79 Å². The van der Waals surface area contributed by atoms with Gasteiger partial charge in [0.05, 0.1) is 12.7 Å². The van der Waals surface area contributed by atoms with Crippen molar-refractivity contribution in [2.45, 2.75) is 71.7 Å². The first-order valence-electron chi connectivity index (χ1n) is 9.18. The van der Waals surface area contributed by atoms with Gasteiger partial charge in [0.1, 0.15) is 0 Å². The Morgan fingerprint density at radius 3 is 2.54 bits per heavy atom. The number of esters is 1. The van der Waals surface area contributed by atoms with Gasteiger partial charge in [0.25, 0.3) is 0 Å². The first-order valence-corrected chi connectivity index (χ1v) is 12.1. The minimum absolute atomic E-state index is 0.221. The lowest BCUT2D eigenvalue weighted by molar-refractivity contribution is -0.137. The van der Waals surface area contributed by atoms with Gasteiger partial charge in [0.2, 0.25) is 0 Å². The maximum absolute atomic E-state index is 11.2. The maximum Gasteiger partial charge on any atom is 0.330 e. The molecule has 0 aliphatic heterocycles. The number of hydrogen-bond acceptors (Lipinski definition) is 4. The van der Waals surface area contributed by atoms with Crippen LogP contribution < -0.4 is 0 Å². The number of carbonyl (C=O) groups excluding carboxylic acids is 1. The summed E-state index contributed by atoms with van der Waals surface area (Å²) in [5.74, 6) is 0.992. The molecule has 0 bridgehead atoms. The van der Waals surface area contributed by atoms with Crippen molar-refractivity contribution < 1.29 is 19.1 Å². The largest absolute Gasteiger partial charge is 0.463 e. The van der Waals surface area contributed by atoms with Gasteiger partial charge in [0.15, 0.2) is 8.32 Å². The number of ether oxygens (including phenoxy) is 1. The fourth-order valence-corrected chi connectivity index (χ4v) is 5.19. The van der Waals surface area contributed by atoms with E-state index >= 15 is 0 Å². The minimum Gasteiger partial charge on any atom is -0.463 e. The first kappa shape index (κ1) is 21.4. The Labute approximate surface area is 148 Å². The van der Waals surface area contributed by atoms with Crippen LogP contribution >= 0.6 is 0 Å². The summed E-state index contributed by atoms with van der Waals surface area (Å²) in [6.07, 6.45) is 4.23. The van der Waals surface area contributed by atoms with E-state index in [0.717, 1.165) is 13.0 Å². The molecule has 4 nitrogen and oxygen atoms in total. The van der Waals surface area contributed by atoms with Crippen molar-refractivity contribution in [2.75, 3.05) is 13.2 Å². The van der Waals surface area contributed by atoms with Crippen molar-refractivity contribution >= 4 is 14.3 Å². The SMILES string of the molecule is CCOC(=O)/C=C/C[C@H](O)[C@H]1C[C@@H]1CO[Si](C)(C)C(C)(C)C(C)C. The van der Waals surface area contributed by atoms with E-state index in [1.54, 1.807) is 13.0 Å². The van der Waals surface area contributed by atoms with E-state index in [-0.39, 0.29) is 11.0 Å². The van der Waals surface area contributed by atoms with E-state index in [1.165, 1.54) is 6.08 Å². The Morgan fingerprint density at radius 2 is 2.00 bits per heavy atom. The van der Waals surface area contributed by atoms with Crippen LogP contribution in [0.2, 0.25) is 18.1 Å². The highest BCUT2D eigenvalue weighted by molar-refractivity contribution is 6.74. The van der Waals surface area contributed by atoms with Gasteiger partial charge in [0, 0.05) is 12.7 Å². The molecule has 140 valence electrons. The molecule has 1 N–H and O–H groups in total. The van der Waals surface area contributed by atoms with Crippen LogP contribution in [0.25, 0.3) is 0 Å². The summed E-state index contributed by atoms with van der Waals surface area (Å²) in [7, 11) is -1.79. The summed E-state index contributed by atoms with van der Waals surface area (Å²) in [6.45, 7) is 16.6. The van der Waals surface area contributed by atoms with Crippen molar-refractivity contribution in [3.05, 3.63) is 12.2 Å². The number of hydrogen-bond donors (Lipinski definition) is 1. The third-order valence-corrected chi connectivity index (χ3v) is 10.6. The smallest absolute Gasteiger partial charge is 0.330 e. The number of aliphatic hydroxyl groups is 1. The summed E-state index contributed by atoms with van der Waals surface area (Å²) >= 11 is 0. The van der Waals surface area contributed by atoms with E-state index in [2.05, 4.69) is 40.8 Å². The van der Waals surface area contributed by atoms with E-state index in [0.29, 0.717) is 30.8 Å². The van der Waals surface area contributed by atoms with E-state index < -0.39 is 14.4 Å². The Hall–Kier alpha value is -0.653. The van der Waals surface area contributed by atoms with E-state index in [4.69, 9.17) is 9.16 Å². The van der Waals surface area contributed by atoms with Crippen LogP contribution in [0, 0.1) is 17.8 Å². The minimum atomic E-state index is -1.79. The van der Waals surface area contributed by atoms with Crippen molar-refractivity contribution in [3.63, 3.8) is 0 Å². The molecule has 24 heavy (non-hydrogen) atoms. The molecule has 3 atom stereocenters. The average Bonchev–Trinajstić information content (AvgIpc) is 3.24. The van der Waals surface area contributed by atoms with Crippen LogP contribution in [0.4, 0.5) is 0 Å². The summed E-state index contributed by atoms with van der Waals surface area (Å²) in [5.41, 5.74) is 0. The Balaban J connectivity index is 2.37. The van der Waals surface area contributed by atoms with E-state index in [9.17, 15) is 9.90 Å². The lowest BCUT2D eigenvalue weighted by Gasteiger charge is -2.42. The zero-order valence-corrected chi connectivity index (χ0v) is 17.5. The molecule has 0 spiro atoms. The highest BCUT2D eigenvalue weighted by Gasteiger charge is 2.47. The highest BCUT2D eigenvalue weighted by Crippen LogP contribution is 2.47. The fraction of sp³-hybridized carbons (Fsp3) is 0.842. The molecule has 0 amide bonds. The Bertz CT molecular complexity index is 443. The predicted molar refractivity (Wildman–Crippen MR) is 100 cm³/mol. The van der Waals surface area contributed by atoms with Crippen molar-refractivity contribution in [1.29, 1.82) is 0 Å². The molecule has 1 aliphatic carbocycles. The van der Waals surface area contributed by atoms with Crippen LogP contribution in [-0.2, 0) is 14.0 Å². The van der Waals surface area contributed by atoms with Gasteiger partial charge >= 0.3 is 5.97 Å². The molecule has 1 fully saturated rings. The predicted octanol–water partition coefficient (Wildman–Crippen LogP) is 4.15. The number of aliphatic hydroxyl groups excluding tert-OH is 1. The molecule has 0 radical (unpaired) electrons. The molecule has 0 aromatic rings. The average molecular weight is 357 g/mol. The van der Waals surface area contributed by atoms with Crippen LogP contribution in [0.3, 0.4) is 0 Å². The third-order valence-electron chi connectivity index (χ3n) is 6.04. The Kier molecular flexibility index (Phi) is 7.69. The number of rotatable bonds is 10. The van der Waals surface area contributed by atoms with Gasteiger partial charge < -0.3 is 14.3 Å². The second kappa shape index (κ2) is 8.63. The third kappa shape index (κ3) is 5.71. The molecule has 0 aromatic carbocycles. The van der Waals surface area contributed by atoms with Gasteiger partial charge in [-0.1, -0.05) is 33.8 Å². The molecule has 0 heterocycles. The van der Waals surface area contributed by atoms with E-state index in [1.807, 2.05) is 0 Å². The maximum atomic E-state index is 11.2.